The highest BCUT2D eigenvalue weighted by atomic mass is 16.2. The van der Waals surface area contributed by atoms with Gasteiger partial charge in [-0.3, -0.25) is 9.59 Å². The van der Waals surface area contributed by atoms with Gasteiger partial charge < -0.3 is 15.5 Å². The molecule has 0 aliphatic carbocycles. The van der Waals surface area contributed by atoms with Crippen LogP contribution in [0.15, 0.2) is 72.8 Å². The first-order valence-electron chi connectivity index (χ1n) is 12.1. The van der Waals surface area contributed by atoms with Gasteiger partial charge in [0.05, 0.1) is 5.56 Å². The number of nitrogens with one attached hydrogen (secondary N) is 2. The Labute approximate surface area is 202 Å². The van der Waals surface area contributed by atoms with E-state index in [1.54, 1.807) is 0 Å². The number of anilines is 2. The van der Waals surface area contributed by atoms with Crippen LogP contribution in [-0.2, 0) is 24.2 Å². The lowest BCUT2D eigenvalue weighted by Crippen LogP contribution is -2.35. The molecule has 0 aromatic heterocycles. The van der Waals surface area contributed by atoms with E-state index in [9.17, 15) is 9.59 Å². The van der Waals surface area contributed by atoms with Crippen molar-refractivity contribution in [3.63, 3.8) is 0 Å². The molecule has 0 radical (unpaired) electrons. The van der Waals surface area contributed by atoms with Crippen LogP contribution in [-0.4, -0.2) is 24.4 Å². The summed E-state index contributed by atoms with van der Waals surface area (Å²) in [5.41, 5.74) is 5.94. The van der Waals surface area contributed by atoms with Crippen LogP contribution in [0.1, 0.15) is 53.7 Å². The molecule has 4 rings (SSSR count). The van der Waals surface area contributed by atoms with Crippen molar-refractivity contribution in [3.05, 3.63) is 95.1 Å². The van der Waals surface area contributed by atoms with Gasteiger partial charge in [-0.15, -0.1) is 0 Å². The van der Waals surface area contributed by atoms with Gasteiger partial charge in [0.1, 0.15) is 0 Å². The number of benzene rings is 3. The van der Waals surface area contributed by atoms with Crippen LogP contribution in [0.2, 0.25) is 0 Å². The van der Waals surface area contributed by atoms with Crippen LogP contribution < -0.4 is 15.5 Å². The van der Waals surface area contributed by atoms with E-state index in [-0.39, 0.29) is 17.9 Å². The Kier molecular flexibility index (Phi) is 7.63. The van der Waals surface area contributed by atoms with Gasteiger partial charge in [0, 0.05) is 36.9 Å². The first kappa shape index (κ1) is 23.6. The first-order chi connectivity index (χ1) is 16.5. The molecule has 0 saturated carbocycles. The highest BCUT2D eigenvalue weighted by Crippen LogP contribution is 2.30. The Balaban J connectivity index is 1.53. The Morgan fingerprint density at radius 3 is 2.47 bits per heavy atom. The largest absolute Gasteiger partial charge is 0.366 e. The van der Waals surface area contributed by atoms with Crippen molar-refractivity contribution in [1.29, 1.82) is 0 Å². The fourth-order valence-corrected chi connectivity index (χ4v) is 4.30. The molecule has 0 fully saturated rings. The monoisotopic (exact) mass is 455 g/mol. The number of hydrogen-bond donors (Lipinski definition) is 2. The zero-order valence-corrected chi connectivity index (χ0v) is 20.0. The van der Waals surface area contributed by atoms with Crippen molar-refractivity contribution in [1.82, 2.24) is 5.32 Å². The van der Waals surface area contributed by atoms with E-state index in [1.807, 2.05) is 55.5 Å². The predicted octanol–water partition coefficient (Wildman–Crippen LogP) is 5.35. The summed E-state index contributed by atoms with van der Waals surface area (Å²) in [7, 11) is 0. The lowest BCUT2D eigenvalue weighted by molar-refractivity contribution is -0.116. The first-order valence-corrected chi connectivity index (χ1v) is 12.1. The van der Waals surface area contributed by atoms with E-state index in [4.69, 9.17) is 0 Å². The Bertz CT molecular complexity index is 1140. The molecule has 0 saturated heterocycles. The Morgan fingerprint density at radius 1 is 0.971 bits per heavy atom. The smallest absolute Gasteiger partial charge is 0.253 e. The van der Waals surface area contributed by atoms with Crippen LogP contribution >= 0.6 is 0 Å². The summed E-state index contributed by atoms with van der Waals surface area (Å²) in [6, 6.07) is 24.2. The van der Waals surface area contributed by atoms with Gasteiger partial charge in [0.15, 0.2) is 0 Å². The van der Waals surface area contributed by atoms with Crippen molar-refractivity contribution < 1.29 is 9.59 Å². The molecule has 34 heavy (non-hydrogen) atoms. The highest BCUT2D eigenvalue weighted by molar-refractivity contribution is 6.02. The van der Waals surface area contributed by atoms with E-state index in [0.717, 1.165) is 37.2 Å². The predicted molar refractivity (Wildman–Crippen MR) is 138 cm³/mol. The molecule has 3 aromatic rings. The zero-order valence-electron chi connectivity index (χ0n) is 20.0. The minimum atomic E-state index is -0.108. The molecular weight excluding hydrogens is 422 g/mol. The molecule has 1 atom stereocenters. The zero-order chi connectivity index (χ0) is 23.9. The molecule has 2 N–H and O–H groups in total. The van der Waals surface area contributed by atoms with E-state index >= 15 is 0 Å². The second-order valence-corrected chi connectivity index (χ2v) is 8.99. The molecular formula is C29H33N3O2. The highest BCUT2D eigenvalue weighted by Gasteiger charge is 2.22. The minimum absolute atomic E-state index is 0.0585. The molecule has 0 bridgehead atoms. The lowest BCUT2D eigenvalue weighted by Gasteiger charge is -2.32. The van der Waals surface area contributed by atoms with Crippen molar-refractivity contribution in [2.24, 2.45) is 0 Å². The van der Waals surface area contributed by atoms with E-state index < -0.39 is 0 Å². The molecule has 176 valence electrons. The molecule has 1 heterocycles. The van der Waals surface area contributed by atoms with E-state index in [0.29, 0.717) is 24.1 Å². The molecule has 1 aliphatic rings. The van der Waals surface area contributed by atoms with Crippen molar-refractivity contribution >= 4 is 23.2 Å². The van der Waals surface area contributed by atoms with Gasteiger partial charge in [-0.2, -0.15) is 0 Å². The Morgan fingerprint density at radius 2 is 1.71 bits per heavy atom. The fraction of sp³-hybridized carbons (Fsp3) is 0.310. The van der Waals surface area contributed by atoms with Crippen molar-refractivity contribution in [2.45, 2.75) is 52.1 Å². The summed E-state index contributed by atoms with van der Waals surface area (Å²) in [4.78, 5) is 28.1. The number of carbonyl (C=O) groups excluding carboxylic acids is 2. The third kappa shape index (κ3) is 5.84. The maximum absolute atomic E-state index is 13.2. The Hall–Kier alpha value is -3.60. The van der Waals surface area contributed by atoms with Crippen LogP contribution in [0, 0.1) is 0 Å². The van der Waals surface area contributed by atoms with Gasteiger partial charge >= 0.3 is 0 Å². The van der Waals surface area contributed by atoms with Gasteiger partial charge in [-0.05, 0) is 61.1 Å². The second kappa shape index (κ2) is 11.0. The molecule has 3 aromatic carbocycles. The number of fused-ring (bicyclic) bond motifs is 1. The van der Waals surface area contributed by atoms with E-state index in [1.165, 1.54) is 11.1 Å². The van der Waals surface area contributed by atoms with Gasteiger partial charge in [-0.1, -0.05) is 61.5 Å². The standard InChI is InChI=1S/C29H33N3O2/c1-3-21(2)30-29(34)26-19-25(31-28(33)16-13-22-9-5-4-6-10-22)14-15-27(26)32-18-17-23-11-7-8-12-24(23)20-32/h4-12,14-15,19,21H,3,13,16-18,20H2,1-2H3,(H,30,34)(H,31,33). The normalized spacial score (nSPS) is 13.6. The lowest BCUT2D eigenvalue weighted by atomic mass is 9.98. The molecule has 5 heteroatoms. The molecule has 5 nitrogen and oxygen atoms in total. The number of hydrogen-bond acceptors (Lipinski definition) is 3. The SMILES string of the molecule is CCC(C)NC(=O)c1cc(NC(=O)CCc2ccccc2)ccc1N1CCc2ccccc2C1. The number of rotatable bonds is 8. The maximum Gasteiger partial charge on any atom is 0.253 e. The molecule has 1 unspecified atom stereocenters. The summed E-state index contributed by atoms with van der Waals surface area (Å²) in [5.74, 6) is -0.166. The van der Waals surface area contributed by atoms with Gasteiger partial charge in [0.25, 0.3) is 5.91 Å². The summed E-state index contributed by atoms with van der Waals surface area (Å²) in [6.45, 7) is 5.67. The summed E-state index contributed by atoms with van der Waals surface area (Å²) in [5, 5.41) is 6.08. The summed E-state index contributed by atoms with van der Waals surface area (Å²) < 4.78 is 0. The van der Waals surface area contributed by atoms with Crippen molar-refractivity contribution in [3.8, 4) is 0 Å². The van der Waals surface area contributed by atoms with Crippen molar-refractivity contribution in [2.75, 3.05) is 16.8 Å². The average molecular weight is 456 g/mol. The topological polar surface area (TPSA) is 61.4 Å². The molecule has 0 spiro atoms. The molecule has 2 amide bonds. The van der Waals surface area contributed by atoms with Gasteiger partial charge in [-0.25, -0.2) is 0 Å². The second-order valence-electron chi connectivity index (χ2n) is 8.99. The average Bonchev–Trinajstić information content (AvgIpc) is 2.87. The van der Waals surface area contributed by atoms with Gasteiger partial charge in [0.2, 0.25) is 5.91 Å². The number of nitrogens with zero attached hydrogens (tertiary/aromatic N) is 1. The van der Waals surface area contributed by atoms with Crippen LogP contribution in [0.25, 0.3) is 0 Å². The van der Waals surface area contributed by atoms with Crippen LogP contribution in [0.4, 0.5) is 11.4 Å². The summed E-state index contributed by atoms with van der Waals surface area (Å²) in [6.07, 6.45) is 2.87. The van der Waals surface area contributed by atoms with Crippen LogP contribution in [0.5, 0.6) is 0 Å². The third-order valence-electron chi connectivity index (χ3n) is 6.47. The third-order valence-corrected chi connectivity index (χ3v) is 6.47. The maximum atomic E-state index is 13.2. The fourth-order valence-electron chi connectivity index (χ4n) is 4.30. The van der Waals surface area contributed by atoms with E-state index in [2.05, 4.69) is 46.7 Å². The number of amides is 2. The minimum Gasteiger partial charge on any atom is -0.366 e. The number of carbonyl (C=O) groups is 2. The quantitative estimate of drug-likeness (QED) is 0.481. The molecule has 1 aliphatic heterocycles. The summed E-state index contributed by atoms with van der Waals surface area (Å²) >= 11 is 0. The van der Waals surface area contributed by atoms with Crippen LogP contribution in [0.3, 0.4) is 0 Å². The number of aryl methyl sites for hydroxylation is 1.